The van der Waals surface area contributed by atoms with Crippen LogP contribution in [0, 0.1) is 12.8 Å². The summed E-state index contributed by atoms with van der Waals surface area (Å²) >= 11 is 0. The Morgan fingerprint density at radius 1 is 1.25 bits per heavy atom. The number of carbonyl (C=O) groups is 1. The lowest BCUT2D eigenvalue weighted by molar-refractivity contribution is -0.117. The number of hydrogen-bond donors (Lipinski definition) is 1. The van der Waals surface area contributed by atoms with E-state index >= 15 is 0 Å². The van der Waals surface area contributed by atoms with Crippen molar-refractivity contribution in [3.8, 4) is 22.9 Å². The van der Waals surface area contributed by atoms with Crippen LogP contribution in [0.1, 0.15) is 12.0 Å². The maximum Gasteiger partial charge on any atom is 0.231 e. The monoisotopic (exact) mass is 384 g/mol. The highest BCUT2D eigenvalue weighted by molar-refractivity contribution is 5.96. The molecule has 146 valence electrons. The lowest BCUT2D eigenvalue weighted by atomic mass is 10.1. The predicted octanol–water partition coefficient (Wildman–Crippen LogP) is 3.26. The van der Waals surface area contributed by atoms with E-state index in [1.165, 1.54) is 0 Å². The van der Waals surface area contributed by atoms with Crippen molar-refractivity contribution in [2.45, 2.75) is 19.5 Å². The van der Waals surface area contributed by atoms with Crippen molar-refractivity contribution in [3.63, 3.8) is 0 Å². The number of halogens is 1. The number of amides is 1. The van der Waals surface area contributed by atoms with Crippen LogP contribution in [0.25, 0.3) is 22.2 Å². The number of carbonyl (C=O) groups excluding carboxylic acids is 1. The van der Waals surface area contributed by atoms with Gasteiger partial charge in [-0.05, 0) is 25.5 Å². The number of nitrogens with one attached hydrogen (secondary N) is 1. The first-order valence-corrected chi connectivity index (χ1v) is 8.93. The number of alkyl halides is 1. The van der Waals surface area contributed by atoms with Gasteiger partial charge in [-0.15, -0.1) is 0 Å². The Balaban J connectivity index is 1.78. The van der Waals surface area contributed by atoms with E-state index in [0.29, 0.717) is 17.4 Å². The average molecular weight is 384 g/mol. The van der Waals surface area contributed by atoms with Crippen molar-refractivity contribution in [3.05, 3.63) is 30.1 Å². The number of nitrogens with zero attached hydrogens (tertiary/aromatic N) is 3. The van der Waals surface area contributed by atoms with E-state index in [2.05, 4.69) is 15.3 Å². The zero-order valence-electron chi connectivity index (χ0n) is 16.1. The fraction of sp³-hybridized carbons (Fsp3) is 0.350. The van der Waals surface area contributed by atoms with Crippen LogP contribution in [0.15, 0.2) is 24.5 Å². The summed E-state index contributed by atoms with van der Waals surface area (Å²) in [6.45, 7) is 1.92. The van der Waals surface area contributed by atoms with Crippen molar-refractivity contribution < 1.29 is 18.7 Å². The smallest absolute Gasteiger partial charge is 0.231 e. The number of rotatable bonds is 5. The molecule has 0 aromatic carbocycles. The topological polar surface area (TPSA) is 78.3 Å². The van der Waals surface area contributed by atoms with Gasteiger partial charge in [0.25, 0.3) is 0 Å². The second-order valence-electron chi connectivity index (χ2n) is 6.92. The zero-order valence-corrected chi connectivity index (χ0v) is 16.1. The second-order valence-corrected chi connectivity index (χ2v) is 6.92. The van der Waals surface area contributed by atoms with E-state index in [9.17, 15) is 9.18 Å². The second kappa shape index (κ2) is 6.78. The molecule has 8 heteroatoms. The standard InChI is InChI=1S/C20H21FN4O3/c1-10-8-23-20(28-4)17(18(10)27-3)14-5-11-6-16(22-9-15(11)25(14)2)24-19(26)12-7-13(12)21/h5-6,8-9,12-13H,7H2,1-4H3,(H,22,24,26). The number of aryl methyl sites for hydroxylation is 2. The van der Waals surface area contributed by atoms with Gasteiger partial charge in [-0.2, -0.15) is 0 Å². The summed E-state index contributed by atoms with van der Waals surface area (Å²) in [6.07, 6.45) is 2.62. The molecule has 1 aliphatic carbocycles. The van der Waals surface area contributed by atoms with Crippen LogP contribution in [0.3, 0.4) is 0 Å². The van der Waals surface area contributed by atoms with Crippen LogP contribution < -0.4 is 14.8 Å². The van der Waals surface area contributed by atoms with Crippen molar-refractivity contribution in [2.24, 2.45) is 13.0 Å². The van der Waals surface area contributed by atoms with E-state index in [1.54, 1.807) is 32.7 Å². The van der Waals surface area contributed by atoms with E-state index in [-0.39, 0.29) is 12.3 Å². The Hall–Kier alpha value is -3.16. The van der Waals surface area contributed by atoms with Gasteiger partial charge in [-0.1, -0.05) is 0 Å². The zero-order chi connectivity index (χ0) is 20.0. The van der Waals surface area contributed by atoms with Crippen LogP contribution in [0.5, 0.6) is 11.6 Å². The Morgan fingerprint density at radius 3 is 2.64 bits per heavy atom. The molecule has 0 aliphatic heterocycles. The number of anilines is 1. The SMILES string of the molecule is COc1ncc(C)c(OC)c1-c1cc2cc(NC(=O)C3CC3F)ncc2n1C. The molecule has 0 spiro atoms. The molecule has 4 rings (SSSR count). The Bertz CT molecular complexity index is 1080. The molecule has 3 aromatic rings. The molecule has 3 heterocycles. The Morgan fingerprint density at radius 2 is 2.00 bits per heavy atom. The first-order chi connectivity index (χ1) is 13.4. The van der Waals surface area contributed by atoms with Crippen LogP contribution in [-0.4, -0.2) is 40.8 Å². The van der Waals surface area contributed by atoms with Gasteiger partial charge in [0.1, 0.15) is 23.3 Å². The van der Waals surface area contributed by atoms with E-state index in [1.807, 2.05) is 24.6 Å². The Labute approximate surface area is 161 Å². The summed E-state index contributed by atoms with van der Waals surface area (Å²) in [5, 5.41) is 3.56. The quantitative estimate of drug-likeness (QED) is 0.731. The molecule has 2 unspecified atom stereocenters. The summed E-state index contributed by atoms with van der Waals surface area (Å²) in [4.78, 5) is 20.6. The highest BCUT2D eigenvalue weighted by atomic mass is 19.1. The first kappa shape index (κ1) is 18.2. The average Bonchev–Trinajstić information content (AvgIpc) is 3.33. The highest BCUT2D eigenvalue weighted by Gasteiger charge is 2.43. The van der Waals surface area contributed by atoms with Gasteiger partial charge in [0.05, 0.1) is 37.5 Å². The third-order valence-corrected chi connectivity index (χ3v) is 5.06. The van der Waals surface area contributed by atoms with Gasteiger partial charge in [-0.3, -0.25) is 4.79 Å². The van der Waals surface area contributed by atoms with Crippen molar-refractivity contribution in [2.75, 3.05) is 19.5 Å². The van der Waals surface area contributed by atoms with E-state index in [0.717, 1.165) is 27.7 Å². The van der Waals surface area contributed by atoms with Gasteiger partial charge in [0.2, 0.25) is 11.8 Å². The minimum atomic E-state index is -1.04. The van der Waals surface area contributed by atoms with Crippen LogP contribution in [0.4, 0.5) is 10.2 Å². The van der Waals surface area contributed by atoms with Crippen LogP contribution in [0.2, 0.25) is 0 Å². The number of methoxy groups -OCH3 is 2. The van der Waals surface area contributed by atoms with E-state index < -0.39 is 12.1 Å². The molecule has 0 saturated heterocycles. The maximum absolute atomic E-state index is 13.1. The maximum atomic E-state index is 13.1. The third kappa shape index (κ3) is 2.94. The lowest BCUT2D eigenvalue weighted by Gasteiger charge is -2.15. The molecule has 1 amide bonds. The molecule has 1 fully saturated rings. The molecular weight excluding hydrogens is 363 g/mol. The molecule has 1 N–H and O–H groups in total. The van der Waals surface area contributed by atoms with Gasteiger partial charge < -0.3 is 19.4 Å². The number of pyridine rings is 2. The molecule has 1 aliphatic rings. The summed E-state index contributed by atoms with van der Waals surface area (Å²) in [6, 6.07) is 3.73. The molecule has 2 atom stereocenters. The summed E-state index contributed by atoms with van der Waals surface area (Å²) in [7, 11) is 5.09. The minimum Gasteiger partial charge on any atom is -0.496 e. The first-order valence-electron chi connectivity index (χ1n) is 8.93. The predicted molar refractivity (Wildman–Crippen MR) is 103 cm³/mol. The number of hydrogen-bond acceptors (Lipinski definition) is 5. The lowest BCUT2D eigenvalue weighted by Crippen LogP contribution is -2.15. The number of fused-ring (bicyclic) bond motifs is 1. The van der Waals surface area contributed by atoms with Crippen molar-refractivity contribution in [1.29, 1.82) is 0 Å². The van der Waals surface area contributed by atoms with Crippen LogP contribution in [-0.2, 0) is 11.8 Å². The van der Waals surface area contributed by atoms with Gasteiger partial charge >= 0.3 is 0 Å². The van der Waals surface area contributed by atoms with E-state index in [4.69, 9.17) is 9.47 Å². The van der Waals surface area contributed by atoms with Crippen LogP contribution >= 0.6 is 0 Å². The van der Waals surface area contributed by atoms with Gasteiger partial charge in [-0.25, -0.2) is 14.4 Å². The Kier molecular flexibility index (Phi) is 4.41. The molecule has 7 nitrogen and oxygen atoms in total. The molecule has 3 aromatic heterocycles. The molecule has 0 radical (unpaired) electrons. The minimum absolute atomic E-state index is 0.281. The fourth-order valence-electron chi connectivity index (χ4n) is 3.41. The normalized spacial score (nSPS) is 18.2. The number of aromatic nitrogens is 3. The number of ether oxygens (including phenoxy) is 2. The summed E-state index contributed by atoms with van der Waals surface area (Å²) in [5.41, 5.74) is 3.34. The van der Waals surface area contributed by atoms with Gasteiger partial charge in [0.15, 0.2) is 0 Å². The largest absolute Gasteiger partial charge is 0.496 e. The van der Waals surface area contributed by atoms with Gasteiger partial charge in [0, 0.05) is 24.2 Å². The van der Waals surface area contributed by atoms with Crippen molar-refractivity contribution in [1.82, 2.24) is 14.5 Å². The summed E-state index contributed by atoms with van der Waals surface area (Å²) in [5.74, 6) is 0.645. The highest BCUT2D eigenvalue weighted by Crippen LogP contribution is 2.41. The molecule has 0 bridgehead atoms. The molecular formula is C20H21FN4O3. The fourth-order valence-corrected chi connectivity index (χ4v) is 3.41. The molecule has 28 heavy (non-hydrogen) atoms. The van der Waals surface area contributed by atoms with Crippen molar-refractivity contribution >= 4 is 22.6 Å². The third-order valence-electron chi connectivity index (χ3n) is 5.06. The molecule has 1 saturated carbocycles. The summed E-state index contributed by atoms with van der Waals surface area (Å²) < 4.78 is 26.1.